The van der Waals surface area contributed by atoms with E-state index < -0.39 is 32.9 Å². The maximum atomic E-state index is 12.1. The Morgan fingerprint density at radius 3 is 2.11 bits per heavy atom. The van der Waals surface area contributed by atoms with Gasteiger partial charge in [-0.15, -0.1) is 0 Å². The Hall–Kier alpha value is -1.23. The summed E-state index contributed by atoms with van der Waals surface area (Å²) in [6.45, 7) is 8.56. The van der Waals surface area contributed by atoms with Crippen LogP contribution in [0.15, 0.2) is 22.3 Å². The zero-order chi connectivity index (χ0) is 14.2. The molecule has 0 amide bonds. The smallest absolute Gasteiger partial charge is 0.236 e. The van der Waals surface area contributed by atoms with E-state index in [4.69, 9.17) is 0 Å². The summed E-state index contributed by atoms with van der Waals surface area (Å²) in [5.41, 5.74) is 0.0923. The monoisotopic (exact) mass is 270 g/mol. The van der Waals surface area contributed by atoms with Gasteiger partial charge in [-0.2, -0.15) is 0 Å². The molecule has 1 atom stereocenters. The molecule has 18 heavy (non-hydrogen) atoms. The average Bonchev–Trinajstić information content (AvgIpc) is 2.20. The third-order valence-corrected chi connectivity index (χ3v) is 4.37. The van der Waals surface area contributed by atoms with Crippen molar-refractivity contribution >= 4 is 22.4 Å². The maximum Gasteiger partial charge on any atom is 0.236 e. The molecule has 0 spiro atoms. The predicted octanol–water partition coefficient (Wildman–Crippen LogP) is 2.04. The van der Waals surface area contributed by atoms with Crippen LogP contribution in [-0.2, 0) is 20.4 Å². The van der Waals surface area contributed by atoms with E-state index >= 15 is 0 Å². The zero-order valence-electron chi connectivity index (χ0n) is 11.2. The molecular weight excluding hydrogens is 252 g/mol. The van der Waals surface area contributed by atoms with Gasteiger partial charge in [-0.3, -0.25) is 13.8 Å². The van der Waals surface area contributed by atoms with Crippen molar-refractivity contribution in [2.75, 3.05) is 0 Å². The number of aliphatic hydroxyl groups is 1. The second-order valence-electron chi connectivity index (χ2n) is 5.50. The van der Waals surface area contributed by atoms with Crippen LogP contribution in [0.1, 0.15) is 34.6 Å². The lowest BCUT2D eigenvalue weighted by molar-refractivity contribution is -0.117. The summed E-state index contributed by atoms with van der Waals surface area (Å²) in [7, 11) is -1.63. The number of aliphatic hydroxyl groups excluding tert-OH is 1. The van der Waals surface area contributed by atoms with Crippen LogP contribution in [0.4, 0.5) is 0 Å². The van der Waals surface area contributed by atoms with Crippen LogP contribution in [-0.4, -0.2) is 25.6 Å². The summed E-state index contributed by atoms with van der Waals surface area (Å²) >= 11 is 0. The summed E-state index contributed by atoms with van der Waals surface area (Å²) < 4.78 is 11.5. The first-order valence-electron chi connectivity index (χ1n) is 5.73. The molecule has 0 aromatic heterocycles. The average molecular weight is 270 g/mol. The molecule has 100 valence electrons. The van der Waals surface area contributed by atoms with Crippen molar-refractivity contribution in [1.82, 2.24) is 0 Å². The number of carbonyl (C=O) groups is 2. The molecule has 5 heteroatoms. The molecule has 0 fully saturated rings. The summed E-state index contributed by atoms with van der Waals surface area (Å²) in [4.78, 5) is 23.7. The second-order valence-corrected chi connectivity index (χ2v) is 7.70. The van der Waals surface area contributed by atoms with Crippen molar-refractivity contribution in [1.29, 1.82) is 0 Å². The van der Waals surface area contributed by atoms with Crippen LogP contribution in [0, 0.1) is 5.92 Å². The Balaban J connectivity index is 3.26. The topological polar surface area (TPSA) is 71.4 Å². The molecule has 1 aliphatic carbocycles. The van der Waals surface area contributed by atoms with Gasteiger partial charge < -0.3 is 5.11 Å². The molecule has 0 saturated carbocycles. The highest BCUT2D eigenvalue weighted by Crippen LogP contribution is 2.28. The Kier molecular flexibility index (Phi) is 3.96. The van der Waals surface area contributed by atoms with Gasteiger partial charge in [0, 0.05) is 16.4 Å². The number of Topliss-reactive ketones (excluding diaryl/α,β-unsaturated/α-hetero) is 1. The second kappa shape index (κ2) is 4.80. The van der Waals surface area contributed by atoms with E-state index in [0.29, 0.717) is 0 Å². The minimum Gasteiger partial charge on any atom is -0.504 e. The van der Waals surface area contributed by atoms with E-state index in [2.05, 4.69) is 0 Å². The number of ketones is 2. The molecule has 0 bridgehead atoms. The van der Waals surface area contributed by atoms with Crippen LogP contribution in [0.25, 0.3) is 0 Å². The molecule has 1 aliphatic rings. The van der Waals surface area contributed by atoms with Gasteiger partial charge in [-0.25, -0.2) is 0 Å². The van der Waals surface area contributed by atoms with E-state index in [0.717, 1.165) is 6.08 Å². The van der Waals surface area contributed by atoms with Crippen LogP contribution in [0.2, 0.25) is 0 Å². The molecule has 4 nitrogen and oxygen atoms in total. The van der Waals surface area contributed by atoms with Gasteiger partial charge in [0.05, 0.1) is 15.7 Å². The van der Waals surface area contributed by atoms with E-state index in [1.165, 1.54) is 0 Å². The van der Waals surface area contributed by atoms with Crippen LogP contribution in [0.3, 0.4) is 0 Å². The highest BCUT2D eigenvalue weighted by atomic mass is 32.2. The summed E-state index contributed by atoms with van der Waals surface area (Å²) in [6.07, 6.45) is 1.10. The fourth-order valence-corrected chi connectivity index (χ4v) is 2.78. The fraction of sp³-hybridized carbons (Fsp3) is 0.538. The van der Waals surface area contributed by atoms with Crippen molar-refractivity contribution in [3.63, 3.8) is 0 Å². The first-order valence-corrected chi connectivity index (χ1v) is 6.88. The van der Waals surface area contributed by atoms with Crippen molar-refractivity contribution in [3.05, 3.63) is 22.3 Å². The number of carbonyl (C=O) groups excluding carboxylic acids is 2. The normalized spacial score (nSPS) is 19.3. The number of allylic oxidation sites excluding steroid dienone is 3. The summed E-state index contributed by atoms with van der Waals surface area (Å²) in [5, 5.41) is 9.80. The minimum absolute atomic E-state index is 0.0923. The number of rotatable bonds is 2. The lowest BCUT2D eigenvalue weighted by Gasteiger charge is -2.22. The van der Waals surface area contributed by atoms with Crippen molar-refractivity contribution in [2.24, 2.45) is 5.92 Å². The molecule has 0 aliphatic heterocycles. The van der Waals surface area contributed by atoms with E-state index in [9.17, 15) is 18.9 Å². The Morgan fingerprint density at radius 2 is 1.72 bits per heavy atom. The first kappa shape index (κ1) is 14.8. The largest absolute Gasteiger partial charge is 0.504 e. The van der Waals surface area contributed by atoms with Crippen LogP contribution < -0.4 is 0 Å². The molecule has 0 unspecified atom stereocenters. The zero-order valence-corrected chi connectivity index (χ0v) is 12.1. The quantitative estimate of drug-likeness (QED) is 0.779. The van der Waals surface area contributed by atoms with Gasteiger partial charge in [0.1, 0.15) is 0 Å². The van der Waals surface area contributed by atoms with Crippen LogP contribution in [0.5, 0.6) is 0 Å². The SMILES string of the molecule is CC(C)C1=C(O)C(=O)C([S@@](=O)C(C)(C)C)=CC1=O. The Labute approximate surface area is 109 Å². The first-order chi connectivity index (χ1) is 8.07. The fourth-order valence-electron chi connectivity index (χ4n) is 1.64. The highest BCUT2D eigenvalue weighted by molar-refractivity contribution is 7.91. The molecule has 0 aromatic rings. The Bertz CT molecular complexity index is 490. The molecule has 0 heterocycles. The lowest BCUT2D eigenvalue weighted by Crippen LogP contribution is -2.31. The van der Waals surface area contributed by atoms with Crippen molar-refractivity contribution in [2.45, 2.75) is 39.4 Å². The van der Waals surface area contributed by atoms with Gasteiger partial charge >= 0.3 is 0 Å². The summed E-state index contributed by atoms with van der Waals surface area (Å²) in [5.74, 6) is -1.95. The predicted molar refractivity (Wildman–Crippen MR) is 70.5 cm³/mol. The number of hydrogen-bond acceptors (Lipinski definition) is 4. The molecule has 0 aromatic carbocycles. The molecule has 0 saturated heterocycles. The molecule has 0 radical (unpaired) electrons. The molecular formula is C13H18O4S. The van der Waals surface area contributed by atoms with Crippen LogP contribution >= 0.6 is 0 Å². The third-order valence-electron chi connectivity index (χ3n) is 2.55. The standard InChI is InChI=1S/C13H18O4S/c1-7(2)10-8(14)6-9(11(15)12(10)16)18(17)13(3,4)5/h6-7,16H,1-5H3/t18-/m1/s1. The third kappa shape index (κ3) is 2.61. The Morgan fingerprint density at radius 1 is 1.22 bits per heavy atom. The van der Waals surface area contributed by atoms with Crippen molar-refractivity contribution < 1.29 is 18.9 Å². The van der Waals surface area contributed by atoms with E-state index in [1.807, 2.05) is 0 Å². The van der Waals surface area contributed by atoms with Gasteiger partial charge in [0.15, 0.2) is 11.5 Å². The van der Waals surface area contributed by atoms with Crippen molar-refractivity contribution in [3.8, 4) is 0 Å². The lowest BCUT2D eigenvalue weighted by atomic mass is 9.92. The minimum atomic E-state index is -1.63. The number of hydrogen-bond donors (Lipinski definition) is 1. The van der Waals surface area contributed by atoms with E-state index in [1.54, 1.807) is 34.6 Å². The molecule has 1 N–H and O–H groups in total. The summed E-state index contributed by atoms with van der Waals surface area (Å²) in [6, 6.07) is 0. The molecule has 1 rings (SSSR count). The maximum absolute atomic E-state index is 12.1. The van der Waals surface area contributed by atoms with E-state index in [-0.39, 0.29) is 16.4 Å². The highest BCUT2D eigenvalue weighted by Gasteiger charge is 2.36. The van der Waals surface area contributed by atoms with Gasteiger partial charge in [-0.05, 0) is 26.7 Å². The van der Waals surface area contributed by atoms with Gasteiger partial charge in [0.2, 0.25) is 5.78 Å². The van der Waals surface area contributed by atoms with Gasteiger partial charge in [0.25, 0.3) is 0 Å². The van der Waals surface area contributed by atoms with Gasteiger partial charge in [-0.1, -0.05) is 13.8 Å².